The molecular formula is C24H21ClFN5O2. The molecule has 0 aliphatic carbocycles. The first kappa shape index (κ1) is 22.6. The van der Waals surface area contributed by atoms with Crippen LogP contribution in [0.5, 0.6) is 0 Å². The number of hydrogen-bond donors (Lipinski definition) is 3. The van der Waals surface area contributed by atoms with E-state index in [0.29, 0.717) is 33.2 Å². The van der Waals surface area contributed by atoms with E-state index in [2.05, 4.69) is 25.4 Å². The van der Waals surface area contributed by atoms with Crippen molar-refractivity contribution in [2.75, 3.05) is 5.32 Å². The first-order chi connectivity index (χ1) is 15.8. The average molecular weight is 466 g/mol. The second kappa shape index (κ2) is 9.09. The quantitative estimate of drug-likeness (QED) is 0.207. The predicted molar refractivity (Wildman–Crippen MR) is 126 cm³/mol. The van der Waals surface area contributed by atoms with Gasteiger partial charge in [-0.2, -0.15) is 0 Å². The van der Waals surface area contributed by atoms with E-state index < -0.39 is 11.4 Å². The zero-order valence-electron chi connectivity index (χ0n) is 17.9. The van der Waals surface area contributed by atoms with Crippen molar-refractivity contribution < 1.29 is 14.7 Å². The van der Waals surface area contributed by atoms with Gasteiger partial charge in [0.25, 0.3) is 0 Å². The Morgan fingerprint density at radius 3 is 2.52 bits per heavy atom. The summed E-state index contributed by atoms with van der Waals surface area (Å²) in [6, 6.07) is 10.1. The lowest BCUT2D eigenvalue weighted by Crippen LogP contribution is -2.19. The fourth-order valence-corrected chi connectivity index (χ4v) is 3.60. The number of aliphatic hydroxyl groups is 1. The van der Waals surface area contributed by atoms with Crippen molar-refractivity contribution in [2.45, 2.75) is 26.0 Å². The zero-order chi connectivity index (χ0) is 23.6. The smallest absolute Gasteiger partial charge is 0.159 e. The lowest BCUT2D eigenvalue weighted by molar-refractivity contribution is 0.0687. The van der Waals surface area contributed by atoms with Gasteiger partial charge in [-0.1, -0.05) is 28.9 Å². The molecule has 3 N–H and O–H groups in total. The van der Waals surface area contributed by atoms with Crippen LogP contribution in [0.1, 0.15) is 30.8 Å². The van der Waals surface area contributed by atoms with Crippen LogP contribution in [0.4, 0.5) is 10.1 Å². The van der Waals surface area contributed by atoms with E-state index in [4.69, 9.17) is 16.8 Å². The Bertz CT molecular complexity index is 1340. The van der Waals surface area contributed by atoms with Crippen LogP contribution in [-0.2, 0) is 12.1 Å². The number of oxime groups is 1. The van der Waals surface area contributed by atoms with Crippen molar-refractivity contribution >= 4 is 34.4 Å². The molecule has 2 aromatic heterocycles. The Morgan fingerprint density at radius 2 is 1.82 bits per heavy atom. The van der Waals surface area contributed by atoms with Crippen molar-refractivity contribution in [3.63, 3.8) is 0 Å². The molecule has 168 valence electrons. The van der Waals surface area contributed by atoms with Crippen LogP contribution in [0.25, 0.3) is 22.0 Å². The second-order valence-corrected chi connectivity index (χ2v) is 8.42. The molecule has 0 aliphatic rings. The SMILES string of the molecule is CC(C)(O)c1ncc(-c2ccc3ncc(Cl)c(NCc4cc(/C=N/O)ccc4F)c3c2)cn1. The lowest BCUT2D eigenvalue weighted by Gasteiger charge is -2.15. The standard InChI is InChI=1S/C24H21ClFN5O2/c1-24(2,32)23-29-11-17(12-30-23)15-4-6-21-18(8-15)22(19(25)13-27-21)28-10-16-7-14(9-31-33)3-5-20(16)26/h3-9,11-13,32-33H,10H2,1-2H3,(H,27,28)/b31-9+. The largest absolute Gasteiger partial charge is 0.411 e. The van der Waals surface area contributed by atoms with Gasteiger partial charge in [-0.25, -0.2) is 14.4 Å². The van der Waals surface area contributed by atoms with E-state index in [1.165, 1.54) is 18.3 Å². The molecule has 0 saturated heterocycles. The Kier molecular flexibility index (Phi) is 6.22. The van der Waals surface area contributed by atoms with Gasteiger partial charge in [0.05, 0.1) is 22.4 Å². The van der Waals surface area contributed by atoms with Gasteiger partial charge in [-0.3, -0.25) is 4.98 Å². The molecule has 9 heteroatoms. The third-order valence-corrected chi connectivity index (χ3v) is 5.37. The number of halogens is 2. The summed E-state index contributed by atoms with van der Waals surface area (Å²) in [6.07, 6.45) is 6.07. The highest BCUT2D eigenvalue weighted by atomic mass is 35.5. The van der Waals surface area contributed by atoms with Crippen LogP contribution >= 0.6 is 11.6 Å². The average Bonchev–Trinajstić information content (AvgIpc) is 2.79. The van der Waals surface area contributed by atoms with Gasteiger partial charge >= 0.3 is 0 Å². The number of nitrogens with one attached hydrogen (secondary N) is 1. The van der Waals surface area contributed by atoms with Crippen molar-refractivity contribution in [2.24, 2.45) is 5.16 Å². The van der Waals surface area contributed by atoms with Crippen molar-refractivity contribution in [3.05, 3.63) is 82.8 Å². The highest BCUT2D eigenvalue weighted by Gasteiger charge is 2.19. The van der Waals surface area contributed by atoms with Gasteiger partial charge in [0.15, 0.2) is 5.82 Å². The van der Waals surface area contributed by atoms with Gasteiger partial charge in [0.1, 0.15) is 11.4 Å². The fourth-order valence-electron chi connectivity index (χ4n) is 3.38. The van der Waals surface area contributed by atoms with Gasteiger partial charge in [-0.05, 0) is 49.2 Å². The molecule has 2 heterocycles. The van der Waals surface area contributed by atoms with E-state index in [0.717, 1.165) is 16.5 Å². The molecule has 0 radical (unpaired) electrons. The van der Waals surface area contributed by atoms with E-state index in [1.54, 1.807) is 38.5 Å². The number of nitrogens with zero attached hydrogens (tertiary/aromatic N) is 4. The van der Waals surface area contributed by atoms with Crippen molar-refractivity contribution in [3.8, 4) is 11.1 Å². The molecule has 4 aromatic rings. The number of anilines is 1. The molecule has 0 amide bonds. The molecule has 4 rings (SSSR count). The van der Waals surface area contributed by atoms with Crippen molar-refractivity contribution in [1.29, 1.82) is 0 Å². The highest BCUT2D eigenvalue weighted by molar-refractivity contribution is 6.34. The summed E-state index contributed by atoms with van der Waals surface area (Å²) in [4.78, 5) is 12.9. The number of aromatic nitrogens is 3. The Hall–Kier alpha value is -3.62. The van der Waals surface area contributed by atoms with E-state index in [9.17, 15) is 9.50 Å². The molecule has 0 spiro atoms. The normalized spacial score (nSPS) is 11.9. The fraction of sp³-hybridized carbons (Fsp3) is 0.167. The Morgan fingerprint density at radius 1 is 1.06 bits per heavy atom. The summed E-state index contributed by atoms with van der Waals surface area (Å²) >= 11 is 6.43. The molecule has 0 unspecified atom stereocenters. The molecule has 33 heavy (non-hydrogen) atoms. The third-order valence-electron chi connectivity index (χ3n) is 5.09. The van der Waals surface area contributed by atoms with E-state index in [-0.39, 0.29) is 6.54 Å². The molecule has 2 aromatic carbocycles. The molecule has 0 bridgehead atoms. The molecule has 7 nitrogen and oxygen atoms in total. The first-order valence-electron chi connectivity index (χ1n) is 10.1. The van der Waals surface area contributed by atoms with Crippen molar-refractivity contribution in [1.82, 2.24) is 15.0 Å². The number of hydrogen-bond acceptors (Lipinski definition) is 7. The number of benzene rings is 2. The van der Waals surface area contributed by atoms with Crippen LogP contribution in [0.3, 0.4) is 0 Å². The van der Waals surface area contributed by atoms with Crippen LogP contribution in [0, 0.1) is 5.82 Å². The Balaban J connectivity index is 1.69. The molecule has 0 atom stereocenters. The minimum atomic E-state index is -1.13. The summed E-state index contributed by atoms with van der Waals surface area (Å²) in [5.41, 5.74) is 2.74. The maximum atomic E-state index is 14.3. The van der Waals surface area contributed by atoms with Crippen LogP contribution in [0.15, 0.2) is 60.1 Å². The second-order valence-electron chi connectivity index (χ2n) is 8.02. The zero-order valence-corrected chi connectivity index (χ0v) is 18.7. The summed E-state index contributed by atoms with van der Waals surface area (Å²) in [6.45, 7) is 3.41. The van der Waals surface area contributed by atoms with Crippen LogP contribution in [-0.4, -0.2) is 31.5 Å². The number of fused-ring (bicyclic) bond motifs is 1. The van der Waals surface area contributed by atoms with Gasteiger partial charge in [0, 0.05) is 41.6 Å². The number of pyridine rings is 1. The molecular weight excluding hydrogens is 445 g/mol. The summed E-state index contributed by atoms with van der Waals surface area (Å²) in [7, 11) is 0. The minimum absolute atomic E-state index is 0.158. The number of rotatable bonds is 6. The van der Waals surface area contributed by atoms with E-state index >= 15 is 0 Å². The Labute approximate surface area is 194 Å². The summed E-state index contributed by atoms with van der Waals surface area (Å²) < 4.78 is 14.3. The third kappa shape index (κ3) is 4.92. The van der Waals surface area contributed by atoms with Gasteiger partial charge < -0.3 is 15.6 Å². The van der Waals surface area contributed by atoms with E-state index in [1.807, 2.05) is 18.2 Å². The maximum absolute atomic E-state index is 14.3. The lowest BCUT2D eigenvalue weighted by atomic mass is 10.0. The van der Waals surface area contributed by atoms with Gasteiger partial charge in [0.2, 0.25) is 0 Å². The minimum Gasteiger partial charge on any atom is -0.411 e. The summed E-state index contributed by atoms with van der Waals surface area (Å²) in [5.74, 6) is -0.0635. The first-order valence-corrected chi connectivity index (χ1v) is 10.5. The molecule has 0 fully saturated rings. The molecule has 0 saturated carbocycles. The van der Waals surface area contributed by atoms with Gasteiger partial charge in [-0.15, -0.1) is 0 Å². The predicted octanol–water partition coefficient (Wildman–Crippen LogP) is 5.13. The molecule has 0 aliphatic heterocycles. The highest BCUT2D eigenvalue weighted by Crippen LogP contribution is 2.33. The summed E-state index contributed by atoms with van der Waals surface area (Å²) in [5, 5.41) is 26.1. The van der Waals surface area contributed by atoms with Crippen LogP contribution in [0.2, 0.25) is 5.02 Å². The maximum Gasteiger partial charge on any atom is 0.159 e. The van der Waals surface area contributed by atoms with Crippen LogP contribution < -0.4 is 5.32 Å². The topological polar surface area (TPSA) is 104 Å². The monoisotopic (exact) mass is 465 g/mol.